The number of amides is 2. The van der Waals surface area contributed by atoms with Crippen molar-refractivity contribution in [3.05, 3.63) is 95.6 Å². The van der Waals surface area contributed by atoms with Crippen LogP contribution in [0.2, 0.25) is 0 Å². The first-order valence-electron chi connectivity index (χ1n) is 9.38. The number of carbonyl (C=O) groups excluding carboxylic acids is 2. The summed E-state index contributed by atoms with van der Waals surface area (Å²) < 4.78 is 26.9. The molecule has 30 heavy (non-hydrogen) atoms. The molecule has 0 unspecified atom stereocenters. The van der Waals surface area contributed by atoms with E-state index in [1.807, 2.05) is 48.5 Å². The average molecular weight is 404 g/mol. The second-order valence-corrected chi connectivity index (χ2v) is 7.09. The molecule has 0 fully saturated rings. The molecule has 0 aromatic heterocycles. The molecule has 1 atom stereocenters. The largest absolute Gasteiger partial charge is 0.368 e. The van der Waals surface area contributed by atoms with Gasteiger partial charge >= 0.3 is 0 Å². The number of primary amides is 1. The third-order valence-electron chi connectivity index (χ3n) is 5.06. The first-order chi connectivity index (χ1) is 14.4. The number of nitrogens with two attached hydrogens (primary N) is 1. The highest BCUT2D eigenvalue weighted by molar-refractivity contribution is 6.03. The Balaban J connectivity index is 1.73. The van der Waals surface area contributed by atoms with Gasteiger partial charge < -0.3 is 11.1 Å². The number of hydrogen-bond donors (Lipinski definition) is 2. The highest BCUT2D eigenvalue weighted by Crippen LogP contribution is 2.29. The minimum atomic E-state index is -1.06. The number of carbonyl (C=O) groups is 2. The molecule has 0 aliphatic heterocycles. The van der Waals surface area contributed by atoms with Gasteiger partial charge in [0.15, 0.2) is 0 Å². The summed E-state index contributed by atoms with van der Waals surface area (Å²) in [6.07, 6.45) is 0.140. The third kappa shape index (κ3) is 3.85. The second kappa shape index (κ2) is 7.91. The van der Waals surface area contributed by atoms with Crippen molar-refractivity contribution in [2.45, 2.75) is 12.5 Å². The smallest absolute Gasteiger partial charge is 0.252 e. The summed E-state index contributed by atoms with van der Waals surface area (Å²) in [7, 11) is 0. The van der Waals surface area contributed by atoms with Crippen LogP contribution in [0.15, 0.2) is 72.8 Å². The van der Waals surface area contributed by atoms with Crippen molar-refractivity contribution in [2.24, 2.45) is 5.73 Å². The number of fused-ring (bicyclic) bond motifs is 2. The van der Waals surface area contributed by atoms with Crippen LogP contribution >= 0.6 is 0 Å². The molecule has 2 amide bonds. The molecule has 4 nitrogen and oxygen atoms in total. The Morgan fingerprint density at radius 2 is 1.37 bits per heavy atom. The van der Waals surface area contributed by atoms with Crippen LogP contribution in [-0.2, 0) is 11.2 Å². The van der Waals surface area contributed by atoms with E-state index >= 15 is 0 Å². The fourth-order valence-electron chi connectivity index (χ4n) is 3.68. The van der Waals surface area contributed by atoms with E-state index in [4.69, 9.17) is 5.73 Å². The molecule has 0 aliphatic carbocycles. The highest BCUT2D eigenvalue weighted by Gasteiger charge is 2.22. The van der Waals surface area contributed by atoms with Crippen molar-refractivity contribution in [3.63, 3.8) is 0 Å². The Bertz CT molecular complexity index is 1210. The van der Waals surface area contributed by atoms with Crippen molar-refractivity contribution >= 4 is 33.4 Å². The molecule has 4 aromatic carbocycles. The first kappa shape index (κ1) is 19.5. The predicted octanol–water partition coefficient (Wildman–Crippen LogP) is 4.10. The number of nitrogens with one attached hydrogen (secondary N) is 1. The molecule has 0 spiro atoms. The van der Waals surface area contributed by atoms with Crippen molar-refractivity contribution in [2.75, 3.05) is 0 Å². The molecule has 0 saturated carbocycles. The molecule has 3 N–H and O–H groups in total. The van der Waals surface area contributed by atoms with Crippen molar-refractivity contribution in [1.82, 2.24) is 5.32 Å². The van der Waals surface area contributed by atoms with Crippen LogP contribution in [0, 0.1) is 11.6 Å². The van der Waals surface area contributed by atoms with E-state index in [0.29, 0.717) is 6.07 Å². The molecule has 4 aromatic rings. The van der Waals surface area contributed by atoms with E-state index in [1.54, 1.807) is 0 Å². The molecule has 0 saturated heterocycles. The molecular formula is C24H18F2N2O2. The Hall–Kier alpha value is -3.80. The summed E-state index contributed by atoms with van der Waals surface area (Å²) in [6.45, 7) is 0. The van der Waals surface area contributed by atoms with Crippen LogP contribution in [0.4, 0.5) is 8.78 Å². The number of halogens is 2. The molecule has 0 bridgehead atoms. The zero-order valence-corrected chi connectivity index (χ0v) is 15.9. The lowest BCUT2D eigenvalue weighted by molar-refractivity contribution is -0.119. The standard InChI is InChI=1S/C24H18F2N2O2/c25-17-10-16(11-18(26)12-17)24(30)28-22(23(27)29)13-21-19-7-3-1-5-14(19)9-15-6-2-4-8-20(15)21/h1-12,22H,13H2,(H2,27,29)(H,28,30)/t22-/m0/s1. The number of hydrogen-bond acceptors (Lipinski definition) is 2. The summed E-state index contributed by atoms with van der Waals surface area (Å²) >= 11 is 0. The van der Waals surface area contributed by atoms with Crippen LogP contribution in [0.25, 0.3) is 21.5 Å². The Morgan fingerprint density at radius 1 is 0.833 bits per heavy atom. The Labute approximate surface area is 171 Å². The normalized spacial score (nSPS) is 12.1. The Kier molecular flexibility index (Phi) is 5.14. The van der Waals surface area contributed by atoms with Crippen LogP contribution in [0.1, 0.15) is 15.9 Å². The quantitative estimate of drug-likeness (QED) is 0.492. The minimum absolute atomic E-state index is 0.140. The maximum Gasteiger partial charge on any atom is 0.252 e. The van der Waals surface area contributed by atoms with Gasteiger partial charge in [0, 0.05) is 18.1 Å². The fourth-order valence-corrected chi connectivity index (χ4v) is 3.68. The second-order valence-electron chi connectivity index (χ2n) is 7.09. The Morgan fingerprint density at radius 3 is 1.90 bits per heavy atom. The third-order valence-corrected chi connectivity index (χ3v) is 5.06. The highest BCUT2D eigenvalue weighted by atomic mass is 19.1. The van der Waals surface area contributed by atoms with Gasteiger partial charge in [-0.1, -0.05) is 48.5 Å². The van der Waals surface area contributed by atoms with Gasteiger partial charge in [0.25, 0.3) is 5.91 Å². The number of benzene rings is 4. The molecule has 0 heterocycles. The molecule has 0 radical (unpaired) electrons. The number of rotatable bonds is 5. The lowest BCUT2D eigenvalue weighted by Crippen LogP contribution is -2.46. The zero-order valence-electron chi connectivity index (χ0n) is 15.9. The van der Waals surface area contributed by atoms with E-state index < -0.39 is 29.5 Å². The monoisotopic (exact) mass is 404 g/mol. The van der Waals surface area contributed by atoms with Crippen LogP contribution in [-0.4, -0.2) is 17.9 Å². The SMILES string of the molecule is NC(=O)[C@H](Cc1c2ccccc2cc2ccccc12)NC(=O)c1cc(F)cc(F)c1. The van der Waals surface area contributed by atoms with Gasteiger partial charge in [0.2, 0.25) is 5.91 Å². The minimum Gasteiger partial charge on any atom is -0.368 e. The van der Waals surface area contributed by atoms with E-state index in [1.165, 1.54) is 0 Å². The van der Waals surface area contributed by atoms with Crippen molar-refractivity contribution in [3.8, 4) is 0 Å². The van der Waals surface area contributed by atoms with Gasteiger partial charge in [-0.3, -0.25) is 9.59 Å². The van der Waals surface area contributed by atoms with Crippen LogP contribution in [0.3, 0.4) is 0 Å². The van der Waals surface area contributed by atoms with Gasteiger partial charge in [-0.05, 0) is 45.3 Å². The lowest BCUT2D eigenvalue weighted by Gasteiger charge is -2.19. The van der Waals surface area contributed by atoms with Crippen molar-refractivity contribution < 1.29 is 18.4 Å². The molecule has 4 rings (SSSR count). The van der Waals surface area contributed by atoms with Gasteiger partial charge in [-0.2, -0.15) is 0 Å². The van der Waals surface area contributed by atoms with Gasteiger partial charge in [0.05, 0.1) is 0 Å². The summed E-state index contributed by atoms with van der Waals surface area (Å²) in [5.41, 5.74) is 6.20. The topological polar surface area (TPSA) is 72.2 Å². The van der Waals surface area contributed by atoms with Crippen molar-refractivity contribution in [1.29, 1.82) is 0 Å². The molecule has 0 aliphatic rings. The maximum absolute atomic E-state index is 13.5. The summed E-state index contributed by atoms with van der Waals surface area (Å²) in [4.78, 5) is 24.7. The average Bonchev–Trinajstić information content (AvgIpc) is 2.72. The van der Waals surface area contributed by atoms with E-state index in [2.05, 4.69) is 11.4 Å². The van der Waals surface area contributed by atoms with Gasteiger partial charge in [-0.15, -0.1) is 0 Å². The summed E-state index contributed by atoms with van der Waals surface area (Å²) in [5.74, 6) is -3.27. The predicted molar refractivity (Wildman–Crippen MR) is 112 cm³/mol. The van der Waals surface area contributed by atoms with Crippen LogP contribution < -0.4 is 11.1 Å². The molecule has 6 heteroatoms. The van der Waals surface area contributed by atoms with Crippen LogP contribution in [0.5, 0.6) is 0 Å². The fraction of sp³-hybridized carbons (Fsp3) is 0.0833. The van der Waals surface area contributed by atoms with E-state index in [-0.39, 0.29) is 12.0 Å². The molecular weight excluding hydrogens is 386 g/mol. The van der Waals surface area contributed by atoms with Gasteiger partial charge in [-0.25, -0.2) is 8.78 Å². The maximum atomic E-state index is 13.5. The van der Waals surface area contributed by atoms with E-state index in [0.717, 1.165) is 39.2 Å². The zero-order chi connectivity index (χ0) is 21.3. The summed E-state index contributed by atoms with van der Waals surface area (Å²) in [6, 6.07) is 19.0. The first-order valence-corrected chi connectivity index (χ1v) is 9.38. The molecule has 150 valence electrons. The van der Waals surface area contributed by atoms with Gasteiger partial charge in [0.1, 0.15) is 17.7 Å². The summed E-state index contributed by atoms with van der Waals surface area (Å²) in [5, 5.41) is 6.38. The lowest BCUT2D eigenvalue weighted by atomic mass is 9.92. The van der Waals surface area contributed by atoms with E-state index in [9.17, 15) is 18.4 Å².